The molecule has 0 spiro atoms. The standard InChI is InChI=1S/C19H27N5/c1-15-6-5-7-16(12-15)13-24-11-9-17(14-24)23(4)19-20-10-8-18(21-19)22(2)3/h5-8,10,12,17H,9,11,13-14H2,1-4H3. The van der Waals surface area contributed by atoms with Gasteiger partial charge < -0.3 is 9.80 Å². The molecule has 0 amide bonds. The zero-order valence-corrected chi connectivity index (χ0v) is 15.1. The summed E-state index contributed by atoms with van der Waals surface area (Å²) in [5.41, 5.74) is 2.72. The van der Waals surface area contributed by atoms with Crippen LogP contribution in [0.2, 0.25) is 0 Å². The first kappa shape index (κ1) is 16.7. The molecule has 0 N–H and O–H groups in total. The number of benzene rings is 1. The summed E-state index contributed by atoms with van der Waals surface area (Å²) in [5, 5.41) is 0. The smallest absolute Gasteiger partial charge is 0.227 e. The van der Waals surface area contributed by atoms with Gasteiger partial charge in [0.1, 0.15) is 5.82 Å². The van der Waals surface area contributed by atoms with Crippen LogP contribution in [0.15, 0.2) is 36.5 Å². The van der Waals surface area contributed by atoms with Crippen molar-refractivity contribution in [2.75, 3.05) is 44.0 Å². The highest BCUT2D eigenvalue weighted by Gasteiger charge is 2.27. The Labute approximate surface area is 144 Å². The summed E-state index contributed by atoms with van der Waals surface area (Å²) in [4.78, 5) is 15.9. The SMILES string of the molecule is Cc1cccc(CN2CCC(N(C)c3nccc(N(C)C)n3)C2)c1. The first-order valence-corrected chi connectivity index (χ1v) is 8.54. The lowest BCUT2D eigenvalue weighted by Crippen LogP contribution is -2.35. The first-order valence-electron chi connectivity index (χ1n) is 8.54. The van der Waals surface area contributed by atoms with Crippen molar-refractivity contribution in [2.45, 2.75) is 25.9 Å². The van der Waals surface area contributed by atoms with Gasteiger partial charge in [-0.05, 0) is 25.0 Å². The van der Waals surface area contributed by atoms with E-state index in [2.05, 4.69) is 58.0 Å². The van der Waals surface area contributed by atoms with Crippen LogP contribution in [0.1, 0.15) is 17.5 Å². The average molecular weight is 325 g/mol. The first-order chi connectivity index (χ1) is 11.5. The van der Waals surface area contributed by atoms with E-state index < -0.39 is 0 Å². The van der Waals surface area contributed by atoms with Gasteiger partial charge in [0.2, 0.25) is 5.95 Å². The lowest BCUT2D eigenvalue weighted by Gasteiger charge is -2.25. The maximum Gasteiger partial charge on any atom is 0.227 e. The van der Waals surface area contributed by atoms with Crippen LogP contribution in [0.5, 0.6) is 0 Å². The van der Waals surface area contributed by atoms with E-state index in [1.54, 1.807) is 0 Å². The molecule has 1 unspecified atom stereocenters. The Hall–Kier alpha value is -2.14. The van der Waals surface area contributed by atoms with E-state index in [0.29, 0.717) is 6.04 Å². The van der Waals surface area contributed by atoms with Crippen LogP contribution < -0.4 is 9.80 Å². The van der Waals surface area contributed by atoms with Gasteiger partial charge in [-0.25, -0.2) is 4.98 Å². The number of likely N-dealkylation sites (N-methyl/N-ethyl adjacent to an activating group) is 1. The molecule has 3 rings (SSSR count). The quantitative estimate of drug-likeness (QED) is 0.844. The Morgan fingerprint density at radius 3 is 2.79 bits per heavy atom. The molecule has 1 fully saturated rings. The van der Waals surface area contributed by atoms with Crippen LogP contribution in [-0.4, -0.2) is 55.1 Å². The van der Waals surface area contributed by atoms with Crippen molar-refractivity contribution in [2.24, 2.45) is 0 Å². The van der Waals surface area contributed by atoms with E-state index in [-0.39, 0.29) is 0 Å². The van der Waals surface area contributed by atoms with Gasteiger partial charge in [0.05, 0.1) is 0 Å². The minimum absolute atomic E-state index is 0.465. The van der Waals surface area contributed by atoms with Gasteiger partial charge in [-0.3, -0.25) is 4.90 Å². The van der Waals surface area contributed by atoms with Gasteiger partial charge in [0.25, 0.3) is 0 Å². The van der Waals surface area contributed by atoms with Gasteiger partial charge in [-0.15, -0.1) is 0 Å². The summed E-state index contributed by atoms with van der Waals surface area (Å²) in [6.45, 7) is 5.35. The third-order valence-electron chi connectivity index (χ3n) is 4.69. The third-order valence-corrected chi connectivity index (χ3v) is 4.69. The lowest BCUT2D eigenvalue weighted by atomic mass is 10.1. The van der Waals surface area contributed by atoms with Crippen molar-refractivity contribution in [3.63, 3.8) is 0 Å². The molecule has 128 valence electrons. The number of likely N-dealkylation sites (tertiary alicyclic amines) is 1. The molecule has 24 heavy (non-hydrogen) atoms. The van der Waals surface area contributed by atoms with Gasteiger partial charge in [0, 0.05) is 53.0 Å². The number of rotatable bonds is 5. The van der Waals surface area contributed by atoms with Crippen molar-refractivity contribution in [1.29, 1.82) is 0 Å². The van der Waals surface area contributed by atoms with E-state index in [9.17, 15) is 0 Å². The molecule has 2 aromatic rings. The van der Waals surface area contributed by atoms with Crippen LogP contribution in [0.3, 0.4) is 0 Å². The second kappa shape index (κ2) is 7.18. The van der Waals surface area contributed by atoms with Crippen molar-refractivity contribution in [3.8, 4) is 0 Å². The molecule has 5 heteroatoms. The molecular weight excluding hydrogens is 298 g/mol. The number of nitrogens with zero attached hydrogens (tertiary/aromatic N) is 5. The van der Waals surface area contributed by atoms with Crippen molar-refractivity contribution < 1.29 is 0 Å². The zero-order chi connectivity index (χ0) is 17.1. The van der Waals surface area contributed by atoms with Crippen LogP contribution in [0.4, 0.5) is 11.8 Å². The van der Waals surface area contributed by atoms with E-state index in [1.165, 1.54) is 11.1 Å². The number of hydrogen-bond acceptors (Lipinski definition) is 5. The monoisotopic (exact) mass is 325 g/mol. The van der Waals surface area contributed by atoms with Gasteiger partial charge >= 0.3 is 0 Å². The fourth-order valence-corrected chi connectivity index (χ4v) is 3.26. The lowest BCUT2D eigenvalue weighted by molar-refractivity contribution is 0.325. The normalized spacial score (nSPS) is 17.9. The van der Waals surface area contributed by atoms with Crippen molar-refractivity contribution >= 4 is 11.8 Å². The molecule has 5 nitrogen and oxygen atoms in total. The third kappa shape index (κ3) is 3.85. The molecule has 1 aliphatic heterocycles. The number of aromatic nitrogens is 2. The minimum Gasteiger partial charge on any atom is -0.363 e. The largest absolute Gasteiger partial charge is 0.363 e. The van der Waals surface area contributed by atoms with E-state index >= 15 is 0 Å². The van der Waals surface area contributed by atoms with Gasteiger partial charge in [0.15, 0.2) is 0 Å². The Bertz CT molecular complexity index is 685. The Kier molecular flexibility index (Phi) is 5.00. The fraction of sp³-hybridized carbons (Fsp3) is 0.474. The zero-order valence-electron chi connectivity index (χ0n) is 15.1. The fourth-order valence-electron chi connectivity index (χ4n) is 3.26. The van der Waals surface area contributed by atoms with Crippen molar-refractivity contribution in [3.05, 3.63) is 47.7 Å². The van der Waals surface area contributed by atoms with E-state index in [1.807, 2.05) is 31.3 Å². The summed E-state index contributed by atoms with van der Waals surface area (Å²) in [6, 6.07) is 11.2. The summed E-state index contributed by atoms with van der Waals surface area (Å²) in [7, 11) is 6.12. The second-order valence-electron chi connectivity index (χ2n) is 6.89. The van der Waals surface area contributed by atoms with Gasteiger partial charge in [-0.2, -0.15) is 4.98 Å². The highest BCUT2D eigenvalue weighted by Crippen LogP contribution is 2.21. The summed E-state index contributed by atoms with van der Waals surface area (Å²) in [5.74, 6) is 1.75. The molecule has 1 aromatic heterocycles. The molecule has 2 heterocycles. The predicted octanol–water partition coefficient (Wildman–Crippen LogP) is 2.56. The summed E-state index contributed by atoms with van der Waals surface area (Å²) in [6.07, 6.45) is 2.99. The minimum atomic E-state index is 0.465. The molecule has 0 radical (unpaired) electrons. The van der Waals surface area contributed by atoms with Crippen LogP contribution in [0, 0.1) is 6.92 Å². The second-order valence-corrected chi connectivity index (χ2v) is 6.89. The van der Waals surface area contributed by atoms with Crippen LogP contribution in [-0.2, 0) is 6.54 Å². The topological polar surface area (TPSA) is 35.5 Å². The highest BCUT2D eigenvalue weighted by molar-refractivity contribution is 5.42. The number of aryl methyl sites for hydroxylation is 1. The molecule has 1 atom stereocenters. The molecular formula is C19H27N5. The highest BCUT2D eigenvalue weighted by atomic mass is 15.3. The molecule has 1 saturated heterocycles. The van der Waals surface area contributed by atoms with E-state index in [4.69, 9.17) is 0 Å². The summed E-state index contributed by atoms with van der Waals surface area (Å²) < 4.78 is 0. The molecule has 0 saturated carbocycles. The Morgan fingerprint density at radius 1 is 1.21 bits per heavy atom. The number of hydrogen-bond donors (Lipinski definition) is 0. The van der Waals surface area contributed by atoms with Crippen LogP contribution in [0.25, 0.3) is 0 Å². The predicted molar refractivity (Wildman–Crippen MR) is 99.6 cm³/mol. The molecule has 1 aromatic carbocycles. The molecule has 0 bridgehead atoms. The molecule has 1 aliphatic rings. The average Bonchev–Trinajstić information content (AvgIpc) is 3.02. The molecule has 0 aliphatic carbocycles. The maximum atomic E-state index is 4.66. The Balaban J connectivity index is 1.63. The van der Waals surface area contributed by atoms with Crippen molar-refractivity contribution in [1.82, 2.24) is 14.9 Å². The Morgan fingerprint density at radius 2 is 2.04 bits per heavy atom. The maximum absolute atomic E-state index is 4.66. The van der Waals surface area contributed by atoms with Gasteiger partial charge in [-0.1, -0.05) is 29.8 Å². The number of anilines is 2. The van der Waals surface area contributed by atoms with E-state index in [0.717, 1.165) is 37.8 Å². The van der Waals surface area contributed by atoms with Crippen LogP contribution >= 0.6 is 0 Å². The summed E-state index contributed by atoms with van der Waals surface area (Å²) >= 11 is 0.